The van der Waals surface area contributed by atoms with E-state index in [1.165, 1.54) is 16.6 Å². The molecule has 21 heavy (non-hydrogen) atoms. The number of rotatable bonds is 6. The van der Waals surface area contributed by atoms with Crippen molar-refractivity contribution in [1.82, 2.24) is 24.4 Å². The summed E-state index contributed by atoms with van der Waals surface area (Å²) < 4.78 is 4.38. The Bertz CT molecular complexity index is 725. The summed E-state index contributed by atoms with van der Waals surface area (Å²) in [5, 5.41) is 4.62. The van der Waals surface area contributed by atoms with Crippen molar-refractivity contribution in [2.24, 2.45) is 0 Å². The van der Waals surface area contributed by atoms with Gasteiger partial charge in [-0.05, 0) is 31.2 Å². The van der Waals surface area contributed by atoms with Gasteiger partial charge in [0.05, 0.1) is 18.6 Å². The molecule has 0 saturated heterocycles. The van der Waals surface area contributed by atoms with Crippen molar-refractivity contribution < 1.29 is 0 Å². The first-order chi connectivity index (χ1) is 10.3. The average Bonchev–Trinajstić information content (AvgIpc) is 3.11. The van der Waals surface area contributed by atoms with Gasteiger partial charge in [-0.1, -0.05) is 6.92 Å². The minimum absolute atomic E-state index is 0.799. The lowest BCUT2D eigenvalue weighted by atomic mass is 10.2. The summed E-state index contributed by atoms with van der Waals surface area (Å²) in [5.74, 6) is 0. The molecule has 0 spiro atoms. The smallest absolute Gasteiger partial charge is 0.140 e. The molecule has 0 saturated carbocycles. The molecule has 0 fully saturated rings. The zero-order chi connectivity index (χ0) is 14.7. The zero-order valence-corrected chi connectivity index (χ0v) is 12.6. The summed E-state index contributed by atoms with van der Waals surface area (Å²) >= 11 is 0. The van der Waals surface area contributed by atoms with Crippen molar-refractivity contribution in [3.05, 3.63) is 48.3 Å². The molecule has 1 N–H and O–H groups in total. The van der Waals surface area contributed by atoms with Crippen LogP contribution in [-0.2, 0) is 19.6 Å². The van der Waals surface area contributed by atoms with Crippen LogP contribution >= 0.6 is 0 Å². The van der Waals surface area contributed by atoms with Crippen LogP contribution in [0.15, 0.2) is 37.1 Å². The van der Waals surface area contributed by atoms with E-state index in [9.17, 15) is 0 Å². The van der Waals surface area contributed by atoms with Gasteiger partial charge < -0.3 is 14.5 Å². The second-order valence-electron chi connectivity index (χ2n) is 5.11. The van der Waals surface area contributed by atoms with Crippen LogP contribution in [0.1, 0.15) is 25.1 Å². The van der Waals surface area contributed by atoms with Gasteiger partial charge in [-0.2, -0.15) is 0 Å². The SMILES string of the molecule is CCNCc1cn(Cc2cncn2CC)c2ncccc12. The predicted molar refractivity (Wildman–Crippen MR) is 84.1 cm³/mol. The molecule has 0 amide bonds. The van der Waals surface area contributed by atoms with Gasteiger partial charge in [0.1, 0.15) is 5.65 Å². The second-order valence-corrected chi connectivity index (χ2v) is 5.11. The molecule has 3 heterocycles. The van der Waals surface area contributed by atoms with Gasteiger partial charge in [-0.3, -0.25) is 0 Å². The van der Waals surface area contributed by atoms with Crippen molar-refractivity contribution in [2.75, 3.05) is 6.54 Å². The van der Waals surface area contributed by atoms with E-state index in [1.807, 2.05) is 24.8 Å². The highest BCUT2D eigenvalue weighted by molar-refractivity contribution is 5.80. The van der Waals surface area contributed by atoms with E-state index in [0.29, 0.717) is 0 Å². The van der Waals surface area contributed by atoms with Crippen molar-refractivity contribution in [3.63, 3.8) is 0 Å². The normalized spacial score (nSPS) is 11.3. The molecular formula is C16H21N5. The summed E-state index contributed by atoms with van der Waals surface area (Å²) in [5.41, 5.74) is 3.53. The number of hydrogen-bond acceptors (Lipinski definition) is 3. The standard InChI is InChI=1S/C16H21N5/c1-3-17-8-13-10-21(16-15(13)6-5-7-19-16)11-14-9-18-12-20(14)4-2/h5-7,9-10,12,17H,3-4,8,11H2,1-2H3. The number of fused-ring (bicyclic) bond motifs is 1. The van der Waals surface area contributed by atoms with Gasteiger partial charge in [0.25, 0.3) is 0 Å². The van der Waals surface area contributed by atoms with E-state index in [2.05, 4.69) is 50.5 Å². The number of imidazole rings is 1. The first kappa shape index (κ1) is 13.8. The summed E-state index contributed by atoms with van der Waals surface area (Å²) in [6, 6.07) is 4.14. The summed E-state index contributed by atoms with van der Waals surface area (Å²) in [6.07, 6.45) is 7.87. The van der Waals surface area contributed by atoms with Crippen LogP contribution in [0.4, 0.5) is 0 Å². The molecule has 0 atom stereocenters. The lowest BCUT2D eigenvalue weighted by Crippen LogP contribution is -2.11. The van der Waals surface area contributed by atoms with E-state index in [-0.39, 0.29) is 0 Å². The Labute approximate surface area is 124 Å². The Hall–Kier alpha value is -2.14. The number of nitrogens with zero attached hydrogens (tertiary/aromatic N) is 4. The first-order valence-corrected chi connectivity index (χ1v) is 7.46. The van der Waals surface area contributed by atoms with E-state index in [0.717, 1.165) is 31.8 Å². The summed E-state index contributed by atoms with van der Waals surface area (Å²) in [4.78, 5) is 8.79. The molecule has 3 rings (SSSR count). The molecule has 0 aliphatic carbocycles. The maximum atomic E-state index is 4.55. The fourth-order valence-electron chi connectivity index (χ4n) is 2.66. The number of pyridine rings is 1. The summed E-state index contributed by atoms with van der Waals surface area (Å²) in [7, 11) is 0. The second kappa shape index (κ2) is 6.10. The third-order valence-corrected chi connectivity index (χ3v) is 3.75. The fraction of sp³-hybridized carbons (Fsp3) is 0.375. The van der Waals surface area contributed by atoms with Crippen LogP contribution < -0.4 is 5.32 Å². The number of hydrogen-bond donors (Lipinski definition) is 1. The molecule has 110 valence electrons. The molecule has 0 unspecified atom stereocenters. The Kier molecular flexibility index (Phi) is 4.01. The van der Waals surface area contributed by atoms with Crippen LogP contribution in [0.5, 0.6) is 0 Å². The molecule has 3 aromatic heterocycles. The molecular weight excluding hydrogens is 262 g/mol. The van der Waals surface area contributed by atoms with Gasteiger partial charge in [0.2, 0.25) is 0 Å². The van der Waals surface area contributed by atoms with Crippen molar-refractivity contribution in [2.45, 2.75) is 33.5 Å². The van der Waals surface area contributed by atoms with Crippen LogP contribution in [0, 0.1) is 0 Å². The highest BCUT2D eigenvalue weighted by Crippen LogP contribution is 2.20. The topological polar surface area (TPSA) is 47.7 Å². The van der Waals surface area contributed by atoms with Crippen molar-refractivity contribution in [3.8, 4) is 0 Å². The van der Waals surface area contributed by atoms with E-state index in [4.69, 9.17) is 0 Å². The highest BCUT2D eigenvalue weighted by atomic mass is 15.1. The quantitative estimate of drug-likeness (QED) is 0.755. The molecule has 3 aromatic rings. The minimum atomic E-state index is 0.799. The van der Waals surface area contributed by atoms with Gasteiger partial charge in [-0.25, -0.2) is 9.97 Å². The predicted octanol–water partition coefficient (Wildman–Crippen LogP) is 2.41. The maximum absolute atomic E-state index is 4.55. The lowest BCUT2D eigenvalue weighted by Gasteiger charge is -2.07. The third kappa shape index (κ3) is 2.69. The zero-order valence-electron chi connectivity index (χ0n) is 12.6. The highest BCUT2D eigenvalue weighted by Gasteiger charge is 2.10. The molecule has 0 bridgehead atoms. The van der Waals surface area contributed by atoms with Gasteiger partial charge in [-0.15, -0.1) is 0 Å². The fourth-order valence-corrected chi connectivity index (χ4v) is 2.66. The van der Waals surface area contributed by atoms with Crippen LogP contribution in [0.2, 0.25) is 0 Å². The van der Waals surface area contributed by atoms with Crippen LogP contribution in [0.3, 0.4) is 0 Å². The minimum Gasteiger partial charge on any atom is -0.333 e. The largest absolute Gasteiger partial charge is 0.333 e. The molecule has 5 heteroatoms. The average molecular weight is 283 g/mol. The first-order valence-electron chi connectivity index (χ1n) is 7.46. The molecule has 5 nitrogen and oxygen atoms in total. The van der Waals surface area contributed by atoms with Gasteiger partial charge >= 0.3 is 0 Å². The van der Waals surface area contributed by atoms with E-state index >= 15 is 0 Å². The maximum Gasteiger partial charge on any atom is 0.140 e. The Balaban J connectivity index is 1.98. The molecule has 0 radical (unpaired) electrons. The Morgan fingerprint density at radius 2 is 2.14 bits per heavy atom. The number of aromatic nitrogens is 4. The van der Waals surface area contributed by atoms with Crippen molar-refractivity contribution >= 4 is 11.0 Å². The van der Waals surface area contributed by atoms with Crippen molar-refractivity contribution in [1.29, 1.82) is 0 Å². The molecule has 0 aliphatic heterocycles. The monoisotopic (exact) mass is 283 g/mol. The van der Waals surface area contributed by atoms with E-state index < -0.39 is 0 Å². The Morgan fingerprint density at radius 3 is 2.95 bits per heavy atom. The lowest BCUT2D eigenvalue weighted by molar-refractivity contribution is 0.673. The third-order valence-electron chi connectivity index (χ3n) is 3.75. The summed E-state index contributed by atoms with van der Waals surface area (Å²) in [6.45, 7) is 7.83. The Morgan fingerprint density at radius 1 is 1.24 bits per heavy atom. The van der Waals surface area contributed by atoms with E-state index in [1.54, 1.807) is 0 Å². The number of aryl methyl sites for hydroxylation is 1. The van der Waals surface area contributed by atoms with Gasteiger partial charge in [0.15, 0.2) is 0 Å². The van der Waals surface area contributed by atoms with Gasteiger partial charge in [0, 0.05) is 37.1 Å². The number of nitrogens with one attached hydrogen (secondary N) is 1. The molecule has 0 aliphatic rings. The van der Waals surface area contributed by atoms with Crippen LogP contribution in [-0.4, -0.2) is 25.6 Å². The molecule has 0 aromatic carbocycles. The van der Waals surface area contributed by atoms with Crippen LogP contribution in [0.25, 0.3) is 11.0 Å².